The number of aromatic nitrogens is 2. The number of nitrogens with one attached hydrogen (secondary N) is 2. The van der Waals surface area contributed by atoms with Crippen molar-refractivity contribution in [2.75, 3.05) is 17.2 Å². The Morgan fingerprint density at radius 2 is 1.74 bits per heavy atom. The van der Waals surface area contributed by atoms with Crippen molar-refractivity contribution in [1.82, 2.24) is 9.97 Å². The minimum absolute atomic E-state index is 0.834. The van der Waals surface area contributed by atoms with Crippen LogP contribution < -0.4 is 10.6 Å². The van der Waals surface area contributed by atoms with Gasteiger partial charge in [0.15, 0.2) is 0 Å². The summed E-state index contributed by atoms with van der Waals surface area (Å²) >= 11 is 0. The van der Waals surface area contributed by atoms with Gasteiger partial charge in [0.05, 0.1) is 0 Å². The van der Waals surface area contributed by atoms with Crippen LogP contribution >= 0.6 is 0 Å². The van der Waals surface area contributed by atoms with Crippen molar-refractivity contribution in [2.45, 2.75) is 26.7 Å². The van der Waals surface area contributed by atoms with Crippen LogP contribution in [0.2, 0.25) is 0 Å². The Balaban J connectivity index is 2.23. The number of para-hydroxylation sites is 1. The van der Waals surface area contributed by atoms with E-state index >= 15 is 0 Å². The van der Waals surface area contributed by atoms with Crippen LogP contribution in [-0.4, -0.2) is 16.5 Å². The van der Waals surface area contributed by atoms with E-state index in [1.54, 1.807) is 0 Å². The van der Waals surface area contributed by atoms with E-state index in [1.165, 1.54) is 0 Å². The van der Waals surface area contributed by atoms with Crippen LogP contribution in [0.1, 0.15) is 26.1 Å². The Morgan fingerprint density at radius 1 is 1.00 bits per heavy atom. The van der Waals surface area contributed by atoms with Crippen molar-refractivity contribution in [2.24, 2.45) is 0 Å². The molecule has 4 nitrogen and oxygen atoms in total. The number of rotatable bonds is 6. The second-order valence-electron chi connectivity index (χ2n) is 4.33. The summed E-state index contributed by atoms with van der Waals surface area (Å²) in [7, 11) is 0. The number of aryl methyl sites for hydroxylation is 1. The van der Waals surface area contributed by atoms with Crippen molar-refractivity contribution >= 4 is 17.3 Å². The third kappa shape index (κ3) is 3.95. The van der Waals surface area contributed by atoms with Crippen molar-refractivity contribution in [1.29, 1.82) is 0 Å². The molecule has 0 atom stereocenters. The number of hydrogen-bond acceptors (Lipinski definition) is 4. The Bertz CT molecular complexity index is 487. The number of anilines is 3. The summed E-state index contributed by atoms with van der Waals surface area (Å²) in [4.78, 5) is 9.03. The van der Waals surface area contributed by atoms with Crippen LogP contribution in [0.4, 0.5) is 17.3 Å². The summed E-state index contributed by atoms with van der Waals surface area (Å²) < 4.78 is 0. The Morgan fingerprint density at radius 3 is 2.42 bits per heavy atom. The molecule has 0 amide bonds. The lowest BCUT2D eigenvalue weighted by molar-refractivity contribution is 0.837. The lowest BCUT2D eigenvalue weighted by atomic mass is 10.3. The van der Waals surface area contributed by atoms with Crippen LogP contribution in [0.15, 0.2) is 36.4 Å². The lowest BCUT2D eigenvalue weighted by Crippen LogP contribution is -2.06. The zero-order valence-electron chi connectivity index (χ0n) is 11.5. The monoisotopic (exact) mass is 256 g/mol. The molecule has 19 heavy (non-hydrogen) atoms. The molecule has 0 fully saturated rings. The molecule has 0 radical (unpaired) electrons. The van der Waals surface area contributed by atoms with Crippen LogP contribution in [0.5, 0.6) is 0 Å². The Hall–Kier alpha value is -2.10. The second kappa shape index (κ2) is 6.73. The lowest BCUT2D eigenvalue weighted by Gasteiger charge is -2.10. The standard InChI is InChI=1S/C15H20N4/c1-3-8-13-18-14(16-4-2)11-15(19-13)17-12-9-6-5-7-10-12/h5-7,9-11H,3-4,8H2,1-2H3,(H2,16,17,18,19). The smallest absolute Gasteiger partial charge is 0.136 e. The average molecular weight is 256 g/mol. The van der Waals surface area contributed by atoms with E-state index in [-0.39, 0.29) is 0 Å². The first-order valence-electron chi connectivity index (χ1n) is 6.75. The Kier molecular flexibility index (Phi) is 4.72. The minimum atomic E-state index is 0.834. The van der Waals surface area contributed by atoms with E-state index in [2.05, 4.69) is 34.4 Å². The molecule has 0 saturated heterocycles. The van der Waals surface area contributed by atoms with Gasteiger partial charge in [0, 0.05) is 24.7 Å². The molecular weight excluding hydrogens is 236 g/mol. The summed E-state index contributed by atoms with van der Waals surface area (Å²) in [6, 6.07) is 12.0. The molecule has 0 saturated carbocycles. The highest BCUT2D eigenvalue weighted by Crippen LogP contribution is 2.17. The van der Waals surface area contributed by atoms with Crippen molar-refractivity contribution in [3.05, 3.63) is 42.2 Å². The first-order valence-corrected chi connectivity index (χ1v) is 6.75. The van der Waals surface area contributed by atoms with E-state index in [4.69, 9.17) is 0 Å². The maximum Gasteiger partial charge on any atom is 0.136 e. The Labute approximate surface area is 114 Å². The molecule has 4 heteroatoms. The van der Waals surface area contributed by atoms with Gasteiger partial charge in [0.2, 0.25) is 0 Å². The summed E-state index contributed by atoms with van der Waals surface area (Å²) in [6.45, 7) is 5.05. The van der Waals surface area contributed by atoms with Gasteiger partial charge in [-0.25, -0.2) is 9.97 Å². The van der Waals surface area contributed by atoms with Crippen LogP contribution in [0.3, 0.4) is 0 Å². The van der Waals surface area contributed by atoms with Gasteiger partial charge in [-0.15, -0.1) is 0 Å². The van der Waals surface area contributed by atoms with Gasteiger partial charge in [0.25, 0.3) is 0 Å². The zero-order valence-corrected chi connectivity index (χ0v) is 11.5. The fraction of sp³-hybridized carbons (Fsp3) is 0.333. The highest BCUT2D eigenvalue weighted by molar-refractivity contribution is 5.59. The molecule has 2 aromatic rings. The van der Waals surface area contributed by atoms with E-state index in [0.717, 1.165) is 42.5 Å². The average Bonchev–Trinajstić information content (AvgIpc) is 2.40. The fourth-order valence-electron chi connectivity index (χ4n) is 1.84. The maximum absolute atomic E-state index is 4.54. The topological polar surface area (TPSA) is 49.8 Å². The molecule has 1 aromatic heterocycles. The summed E-state index contributed by atoms with van der Waals surface area (Å²) in [5.41, 5.74) is 1.03. The number of hydrogen-bond donors (Lipinski definition) is 2. The predicted octanol–water partition coefficient (Wildman–Crippen LogP) is 3.60. The first kappa shape index (κ1) is 13.3. The van der Waals surface area contributed by atoms with Crippen LogP contribution in [-0.2, 0) is 6.42 Å². The second-order valence-corrected chi connectivity index (χ2v) is 4.33. The van der Waals surface area contributed by atoms with Gasteiger partial charge in [-0.05, 0) is 25.5 Å². The summed E-state index contributed by atoms with van der Waals surface area (Å²) in [6.07, 6.45) is 1.93. The molecule has 0 aliphatic heterocycles. The highest BCUT2D eigenvalue weighted by Gasteiger charge is 2.04. The number of nitrogens with zero attached hydrogens (tertiary/aromatic N) is 2. The third-order valence-corrected chi connectivity index (χ3v) is 2.65. The van der Waals surface area contributed by atoms with Crippen LogP contribution in [0.25, 0.3) is 0 Å². The fourth-order valence-corrected chi connectivity index (χ4v) is 1.84. The largest absolute Gasteiger partial charge is 0.370 e. The quantitative estimate of drug-likeness (QED) is 0.829. The zero-order chi connectivity index (χ0) is 13.5. The first-order chi connectivity index (χ1) is 9.31. The van der Waals surface area contributed by atoms with Crippen LogP contribution in [0, 0.1) is 0 Å². The van der Waals surface area contributed by atoms with Gasteiger partial charge >= 0.3 is 0 Å². The molecule has 1 aromatic carbocycles. The summed E-state index contributed by atoms with van der Waals surface area (Å²) in [5, 5.41) is 6.55. The molecule has 0 aliphatic carbocycles. The van der Waals surface area contributed by atoms with E-state index < -0.39 is 0 Å². The SMILES string of the molecule is CCCc1nc(NCC)cc(Nc2ccccc2)n1. The summed E-state index contributed by atoms with van der Waals surface area (Å²) in [5.74, 6) is 2.58. The third-order valence-electron chi connectivity index (χ3n) is 2.65. The minimum Gasteiger partial charge on any atom is -0.370 e. The molecule has 1 heterocycles. The molecule has 2 N–H and O–H groups in total. The molecule has 0 spiro atoms. The van der Waals surface area contributed by atoms with Crippen molar-refractivity contribution in [3.8, 4) is 0 Å². The normalized spacial score (nSPS) is 10.2. The molecule has 0 bridgehead atoms. The highest BCUT2D eigenvalue weighted by atomic mass is 15.1. The van der Waals surface area contributed by atoms with Crippen molar-refractivity contribution < 1.29 is 0 Å². The molecule has 0 unspecified atom stereocenters. The van der Waals surface area contributed by atoms with E-state index in [0.29, 0.717) is 0 Å². The van der Waals surface area contributed by atoms with Gasteiger partial charge in [0.1, 0.15) is 17.5 Å². The molecule has 2 rings (SSSR count). The predicted molar refractivity (Wildman–Crippen MR) is 79.9 cm³/mol. The maximum atomic E-state index is 4.54. The number of benzene rings is 1. The van der Waals surface area contributed by atoms with Gasteiger partial charge in [-0.3, -0.25) is 0 Å². The molecular formula is C15H20N4. The van der Waals surface area contributed by atoms with Gasteiger partial charge in [-0.2, -0.15) is 0 Å². The van der Waals surface area contributed by atoms with E-state index in [1.807, 2.05) is 36.4 Å². The van der Waals surface area contributed by atoms with Gasteiger partial charge in [-0.1, -0.05) is 25.1 Å². The van der Waals surface area contributed by atoms with E-state index in [9.17, 15) is 0 Å². The van der Waals surface area contributed by atoms with Gasteiger partial charge < -0.3 is 10.6 Å². The van der Waals surface area contributed by atoms with Crippen molar-refractivity contribution in [3.63, 3.8) is 0 Å². The molecule has 100 valence electrons. The molecule has 0 aliphatic rings.